The zero-order valence-corrected chi connectivity index (χ0v) is 19.5. The lowest BCUT2D eigenvalue weighted by Crippen LogP contribution is -2.44. The molecule has 2 aromatic carbocycles. The van der Waals surface area contributed by atoms with Gasteiger partial charge in [-0.3, -0.25) is 10.3 Å². The molecule has 0 spiro atoms. The molecular formula is C24H24F3N5OS. The van der Waals surface area contributed by atoms with E-state index in [0.717, 1.165) is 12.1 Å². The van der Waals surface area contributed by atoms with Crippen LogP contribution in [-0.2, 0) is 6.18 Å². The fraction of sp³-hybridized carbons (Fsp3) is 0.333. The minimum atomic E-state index is -4.68. The van der Waals surface area contributed by atoms with Gasteiger partial charge in [0.1, 0.15) is 5.84 Å². The molecule has 0 atom stereocenters. The number of aliphatic hydroxyl groups excluding tert-OH is 1. The molecule has 1 aliphatic heterocycles. The third kappa shape index (κ3) is 5.90. The Morgan fingerprint density at radius 1 is 1.06 bits per heavy atom. The number of alkyl halides is 3. The van der Waals surface area contributed by atoms with Crippen molar-refractivity contribution in [3.8, 4) is 12.1 Å². The van der Waals surface area contributed by atoms with E-state index in [1.807, 2.05) is 24.3 Å². The van der Waals surface area contributed by atoms with E-state index in [9.17, 15) is 13.2 Å². The number of nitrogens with zero attached hydrogens (tertiary/aromatic N) is 4. The predicted molar refractivity (Wildman–Crippen MR) is 127 cm³/mol. The number of aliphatic hydroxyl groups is 1. The highest BCUT2D eigenvalue weighted by Crippen LogP contribution is 2.38. The first kappa shape index (κ1) is 26.8. The van der Waals surface area contributed by atoms with Crippen LogP contribution in [0.3, 0.4) is 0 Å². The van der Waals surface area contributed by atoms with Gasteiger partial charge in [-0.05, 0) is 69.2 Å². The summed E-state index contributed by atoms with van der Waals surface area (Å²) in [6.07, 6.45) is -3.47. The molecular weight excluding hydrogens is 463 g/mol. The predicted octanol–water partition coefficient (Wildman–Crippen LogP) is 5.07. The second-order valence-electron chi connectivity index (χ2n) is 7.93. The number of nitrogens with one attached hydrogen (secondary N) is 1. The first-order valence-electron chi connectivity index (χ1n) is 10.4. The van der Waals surface area contributed by atoms with E-state index in [1.54, 1.807) is 36.9 Å². The summed E-state index contributed by atoms with van der Waals surface area (Å²) < 4.78 is 39.7. The number of unbranched alkanes of at least 4 members (excludes halogenated alkanes) is 1. The van der Waals surface area contributed by atoms with E-state index in [-0.39, 0.29) is 23.2 Å². The summed E-state index contributed by atoms with van der Waals surface area (Å²) in [6.45, 7) is 4.06. The minimum absolute atomic E-state index is 0.0345. The fourth-order valence-electron chi connectivity index (χ4n) is 3.37. The quantitative estimate of drug-likeness (QED) is 0.451. The Morgan fingerprint density at radius 3 is 2.21 bits per heavy atom. The van der Waals surface area contributed by atoms with Gasteiger partial charge in [-0.25, -0.2) is 0 Å². The molecule has 3 rings (SSSR count). The van der Waals surface area contributed by atoms with Crippen LogP contribution in [0.5, 0.6) is 0 Å². The first-order chi connectivity index (χ1) is 16.0. The standard InChI is InChI=1S/C17H19F3N4OS.C7H5N/c1-16(2)14(22)24(15(26)23(16)7-3-4-8-25)12-6-5-11(10-21)13(9-12)17(18,19)20;8-6-7-4-2-1-3-5-7/h5-6,9,22,25H,3-4,7-8H2,1-2H3;1-5H. The summed E-state index contributed by atoms with van der Waals surface area (Å²) >= 11 is 5.42. The number of nitriles is 2. The second-order valence-corrected chi connectivity index (χ2v) is 8.29. The highest BCUT2D eigenvalue weighted by atomic mass is 32.1. The van der Waals surface area contributed by atoms with Gasteiger partial charge < -0.3 is 10.0 Å². The van der Waals surface area contributed by atoms with Gasteiger partial charge in [0.2, 0.25) is 0 Å². The van der Waals surface area contributed by atoms with Crippen LogP contribution in [0.4, 0.5) is 18.9 Å². The smallest absolute Gasteiger partial charge is 0.396 e. The third-order valence-corrected chi connectivity index (χ3v) is 5.68. The van der Waals surface area contributed by atoms with Crippen molar-refractivity contribution in [3.63, 3.8) is 0 Å². The van der Waals surface area contributed by atoms with E-state index in [0.29, 0.717) is 24.9 Å². The Morgan fingerprint density at radius 2 is 1.71 bits per heavy atom. The lowest BCUT2D eigenvalue weighted by atomic mass is 10.0. The molecule has 1 aliphatic rings. The van der Waals surface area contributed by atoms with Crippen molar-refractivity contribution in [1.29, 1.82) is 15.9 Å². The van der Waals surface area contributed by atoms with Gasteiger partial charge in [0.15, 0.2) is 5.11 Å². The molecule has 0 unspecified atom stereocenters. The van der Waals surface area contributed by atoms with Crippen molar-refractivity contribution in [2.24, 2.45) is 0 Å². The maximum absolute atomic E-state index is 13.2. The summed E-state index contributed by atoms with van der Waals surface area (Å²) in [5.41, 5.74) is -1.50. The number of hydrogen-bond donors (Lipinski definition) is 2. The highest BCUT2D eigenvalue weighted by Gasteiger charge is 2.46. The summed E-state index contributed by atoms with van der Waals surface area (Å²) in [7, 11) is 0. The molecule has 1 saturated heterocycles. The van der Waals surface area contributed by atoms with Crippen molar-refractivity contribution >= 4 is 28.9 Å². The number of thiocarbonyl (C=S) groups is 1. The van der Waals surface area contributed by atoms with Crippen molar-refractivity contribution < 1.29 is 18.3 Å². The molecule has 0 bridgehead atoms. The van der Waals surface area contributed by atoms with Crippen molar-refractivity contribution in [2.45, 2.75) is 38.4 Å². The minimum Gasteiger partial charge on any atom is -0.396 e. The van der Waals surface area contributed by atoms with Crippen LogP contribution in [0, 0.1) is 28.1 Å². The molecule has 2 N–H and O–H groups in total. The Labute approximate surface area is 202 Å². The fourth-order valence-corrected chi connectivity index (χ4v) is 3.89. The number of rotatable bonds is 5. The van der Waals surface area contributed by atoms with E-state index in [1.165, 1.54) is 11.0 Å². The van der Waals surface area contributed by atoms with E-state index < -0.39 is 22.8 Å². The molecule has 0 saturated carbocycles. The zero-order valence-electron chi connectivity index (χ0n) is 18.7. The number of anilines is 1. The van der Waals surface area contributed by atoms with Gasteiger partial charge in [0, 0.05) is 13.2 Å². The largest absolute Gasteiger partial charge is 0.417 e. The molecule has 10 heteroatoms. The normalized spacial score (nSPS) is 14.8. The second kappa shape index (κ2) is 11.1. The van der Waals surface area contributed by atoms with Gasteiger partial charge in [-0.15, -0.1) is 0 Å². The number of halogens is 3. The first-order valence-corrected chi connectivity index (χ1v) is 10.8. The van der Waals surface area contributed by atoms with Crippen LogP contribution in [0.15, 0.2) is 48.5 Å². The topological polar surface area (TPSA) is 98.1 Å². The van der Waals surface area contributed by atoms with Crippen LogP contribution in [-0.4, -0.2) is 39.6 Å². The molecule has 34 heavy (non-hydrogen) atoms. The van der Waals surface area contributed by atoms with Gasteiger partial charge >= 0.3 is 6.18 Å². The number of amidine groups is 1. The molecule has 178 valence electrons. The summed E-state index contributed by atoms with van der Waals surface area (Å²) in [5, 5.41) is 34.8. The molecule has 1 heterocycles. The zero-order chi connectivity index (χ0) is 25.5. The van der Waals surface area contributed by atoms with Crippen molar-refractivity contribution in [3.05, 3.63) is 65.2 Å². The van der Waals surface area contributed by atoms with Gasteiger partial charge in [0.05, 0.1) is 40.1 Å². The van der Waals surface area contributed by atoms with Crippen molar-refractivity contribution in [2.75, 3.05) is 18.1 Å². The maximum atomic E-state index is 13.2. The lowest BCUT2D eigenvalue weighted by Gasteiger charge is -2.30. The highest BCUT2D eigenvalue weighted by molar-refractivity contribution is 7.80. The summed E-state index contributed by atoms with van der Waals surface area (Å²) in [6, 6.07) is 16.0. The Kier molecular flexibility index (Phi) is 8.74. The molecule has 2 aromatic rings. The van der Waals surface area contributed by atoms with Crippen LogP contribution in [0.2, 0.25) is 0 Å². The Bertz CT molecular complexity index is 1120. The van der Waals surface area contributed by atoms with Gasteiger partial charge in [-0.1, -0.05) is 18.2 Å². The molecule has 1 fully saturated rings. The monoisotopic (exact) mass is 487 g/mol. The molecule has 0 aromatic heterocycles. The van der Waals surface area contributed by atoms with E-state index >= 15 is 0 Å². The van der Waals surface area contributed by atoms with Crippen LogP contribution >= 0.6 is 12.2 Å². The van der Waals surface area contributed by atoms with Crippen LogP contribution in [0.25, 0.3) is 0 Å². The SMILES string of the molecule is CC1(C)C(=N)N(c2ccc(C#N)c(C(F)(F)F)c2)C(=S)N1CCCCO.N#Cc1ccccc1. The summed E-state index contributed by atoms with van der Waals surface area (Å²) in [5.74, 6) is 0.0596. The van der Waals surface area contributed by atoms with Crippen molar-refractivity contribution in [1.82, 2.24) is 4.90 Å². The Hall–Kier alpha value is -3.47. The average Bonchev–Trinajstić information content (AvgIpc) is 2.98. The molecule has 0 amide bonds. The van der Waals surface area contributed by atoms with E-state index in [4.69, 9.17) is 33.3 Å². The van der Waals surface area contributed by atoms with Gasteiger partial charge in [-0.2, -0.15) is 23.7 Å². The van der Waals surface area contributed by atoms with E-state index in [2.05, 4.69) is 0 Å². The number of hydrogen-bond acceptors (Lipinski definition) is 5. The third-order valence-electron chi connectivity index (χ3n) is 5.28. The average molecular weight is 488 g/mol. The lowest BCUT2D eigenvalue weighted by molar-refractivity contribution is -0.137. The van der Waals surface area contributed by atoms with Crippen LogP contribution in [0.1, 0.15) is 43.4 Å². The molecule has 0 aliphatic carbocycles. The van der Waals surface area contributed by atoms with Crippen LogP contribution < -0.4 is 4.90 Å². The maximum Gasteiger partial charge on any atom is 0.417 e. The Balaban J connectivity index is 0.000000430. The molecule has 6 nitrogen and oxygen atoms in total. The summed E-state index contributed by atoms with van der Waals surface area (Å²) in [4.78, 5) is 3.07. The molecule has 0 radical (unpaired) electrons. The van der Waals surface area contributed by atoms with Gasteiger partial charge in [0.25, 0.3) is 0 Å². The number of benzene rings is 2.